The number of benzene rings is 1. The SMILES string of the molecule is Nc1ncc(Cl)c(-c2cc(N)c(F)c(F)c2)n1.OC1CCCOC1. The molecule has 1 aromatic heterocycles. The molecule has 2 aromatic rings. The van der Waals surface area contributed by atoms with Gasteiger partial charge < -0.3 is 21.3 Å². The molecule has 6 nitrogen and oxygen atoms in total. The molecular formula is C15H17ClF2N4O2. The molecule has 1 aliphatic rings. The maximum Gasteiger partial charge on any atom is 0.220 e. The summed E-state index contributed by atoms with van der Waals surface area (Å²) in [6.07, 6.45) is 3.02. The third kappa shape index (κ3) is 4.73. The van der Waals surface area contributed by atoms with Crippen molar-refractivity contribution in [2.24, 2.45) is 0 Å². The second-order valence-electron chi connectivity index (χ2n) is 5.16. The minimum Gasteiger partial charge on any atom is -0.396 e. The van der Waals surface area contributed by atoms with Crippen molar-refractivity contribution in [3.05, 3.63) is 35.0 Å². The van der Waals surface area contributed by atoms with Crippen molar-refractivity contribution in [2.45, 2.75) is 18.9 Å². The number of nitrogen functional groups attached to an aromatic ring is 2. The Bertz CT molecular complexity index is 689. The van der Waals surface area contributed by atoms with Crippen molar-refractivity contribution < 1.29 is 18.6 Å². The fourth-order valence-corrected chi connectivity index (χ4v) is 2.25. The van der Waals surface area contributed by atoms with E-state index in [2.05, 4.69) is 9.97 Å². The van der Waals surface area contributed by atoms with Crippen LogP contribution in [0.5, 0.6) is 0 Å². The first kappa shape index (κ1) is 18.3. The third-order valence-corrected chi connectivity index (χ3v) is 3.51. The zero-order chi connectivity index (χ0) is 17.7. The van der Waals surface area contributed by atoms with Crippen molar-refractivity contribution in [1.29, 1.82) is 0 Å². The van der Waals surface area contributed by atoms with Gasteiger partial charge in [0.05, 0.1) is 35.3 Å². The van der Waals surface area contributed by atoms with Gasteiger partial charge in [0, 0.05) is 12.2 Å². The number of nitrogens with zero attached hydrogens (tertiary/aromatic N) is 2. The number of aliphatic hydroxyl groups excluding tert-OH is 1. The number of ether oxygens (including phenoxy) is 1. The van der Waals surface area contributed by atoms with Crippen LogP contribution in [0, 0.1) is 11.6 Å². The van der Waals surface area contributed by atoms with E-state index in [4.69, 9.17) is 32.9 Å². The molecule has 24 heavy (non-hydrogen) atoms. The molecule has 1 saturated heterocycles. The van der Waals surface area contributed by atoms with Gasteiger partial charge in [-0.3, -0.25) is 0 Å². The number of halogens is 3. The summed E-state index contributed by atoms with van der Waals surface area (Å²) >= 11 is 5.84. The summed E-state index contributed by atoms with van der Waals surface area (Å²) in [5.74, 6) is -2.20. The Morgan fingerprint density at radius 3 is 2.58 bits per heavy atom. The molecule has 1 unspecified atom stereocenters. The number of hydrogen-bond donors (Lipinski definition) is 3. The maximum absolute atomic E-state index is 13.2. The lowest BCUT2D eigenvalue weighted by molar-refractivity contribution is -0.00535. The molecule has 0 aliphatic carbocycles. The first-order valence-electron chi connectivity index (χ1n) is 7.17. The highest BCUT2D eigenvalue weighted by Crippen LogP contribution is 2.29. The number of hydrogen-bond acceptors (Lipinski definition) is 6. The average molecular weight is 359 g/mol. The quantitative estimate of drug-likeness (QED) is 0.676. The van der Waals surface area contributed by atoms with Gasteiger partial charge in [-0.25, -0.2) is 18.7 Å². The normalized spacial score (nSPS) is 17.1. The molecule has 2 heterocycles. The van der Waals surface area contributed by atoms with E-state index in [1.807, 2.05) is 0 Å². The molecule has 0 bridgehead atoms. The number of aliphatic hydroxyl groups is 1. The van der Waals surface area contributed by atoms with E-state index < -0.39 is 11.6 Å². The summed E-state index contributed by atoms with van der Waals surface area (Å²) in [5, 5.41) is 8.96. The lowest BCUT2D eigenvalue weighted by Gasteiger charge is -2.15. The van der Waals surface area contributed by atoms with Crippen LogP contribution in [0.15, 0.2) is 18.3 Å². The van der Waals surface area contributed by atoms with E-state index in [1.165, 1.54) is 12.3 Å². The summed E-state index contributed by atoms with van der Waals surface area (Å²) in [5.41, 5.74) is 10.8. The fourth-order valence-electron chi connectivity index (χ4n) is 2.05. The van der Waals surface area contributed by atoms with E-state index in [9.17, 15) is 8.78 Å². The molecule has 0 saturated carbocycles. The van der Waals surface area contributed by atoms with Gasteiger partial charge >= 0.3 is 0 Å². The highest BCUT2D eigenvalue weighted by atomic mass is 35.5. The van der Waals surface area contributed by atoms with E-state index in [-0.39, 0.29) is 34.0 Å². The van der Waals surface area contributed by atoms with Gasteiger partial charge in [0.2, 0.25) is 5.95 Å². The molecule has 1 fully saturated rings. The molecule has 3 rings (SSSR count). The molecule has 130 valence electrons. The first-order valence-corrected chi connectivity index (χ1v) is 7.55. The summed E-state index contributed by atoms with van der Waals surface area (Å²) < 4.78 is 31.1. The van der Waals surface area contributed by atoms with Gasteiger partial charge in [-0.2, -0.15) is 0 Å². The van der Waals surface area contributed by atoms with Gasteiger partial charge in [-0.05, 0) is 25.0 Å². The highest BCUT2D eigenvalue weighted by Gasteiger charge is 2.13. The number of aromatic nitrogens is 2. The second-order valence-corrected chi connectivity index (χ2v) is 5.56. The van der Waals surface area contributed by atoms with Gasteiger partial charge in [-0.1, -0.05) is 11.6 Å². The predicted octanol–water partition coefficient (Wildman–Crippen LogP) is 2.40. The number of anilines is 2. The Labute approximate surface area is 142 Å². The van der Waals surface area contributed by atoms with Crippen molar-refractivity contribution in [3.8, 4) is 11.3 Å². The first-order chi connectivity index (χ1) is 11.4. The molecule has 1 atom stereocenters. The molecule has 0 radical (unpaired) electrons. The molecular weight excluding hydrogens is 342 g/mol. The van der Waals surface area contributed by atoms with Crippen LogP contribution in [0.4, 0.5) is 20.4 Å². The van der Waals surface area contributed by atoms with Gasteiger partial charge in [0.15, 0.2) is 11.6 Å². The fraction of sp³-hybridized carbons (Fsp3) is 0.333. The monoisotopic (exact) mass is 358 g/mol. The third-order valence-electron chi connectivity index (χ3n) is 3.23. The molecule has 1 aliphatic heterocycles. The van der Waals surface area contributed by atoms with Crippen LogP contribution in [0.3, 0.4) is 0 Å². The Kier molecular flexibility index (Phi) is 6.24. The summed E-state index contributed by atoms with van der Waals surface area (Å²) in [7, 11) is 0. The molecule has 1 aromatic carbocycles. The zero-order valence-electron chi connectivity index (χ0n) is 12.7. The van der Waals surface area contributed by atoms with Crippen LogP contribution in [-0.4, -0.2) is 34.4 Å². The number of nitrogens with two attached hydrogens (primary N) is 2. The minimum atomic E-state index is -1.10. The van der Waals surface area contributed by atoms with E-state index >= 15 is 0 Å². The van der Waals surface area contributed by atoms with Crippen molar-refractivity contribution in [3.63, 3.8) is 0 Å². The van der Waals surface area contributed by atoms with Gasteiger partial charge in [0.25, 0.3) is 0 Å². The van der Waals surface area contributed by atoms with Crippen molar-refractivity contribution in [2.75, 3.05) is 24.7 Å². The van der Waals surface area contributed by atoms with Crippen LogP contribution < -0.4 is 11.5 Å². The summed E-state index contributed by atoms with van der Waals surface area (Å²) in [6, 6.07) is 2.17. The van der Waals surface area contributed by atoms with E-state index in [0.29, 0.717) is 6.61 Å². The zero-order valence-corrected chi connectivity index (χ0v) is 13.4. The lowest BCUT2D eigenvalue weighted by atomic mass is 10.1. The average Bonchev–Trinajstić information content (AvgIpc) is 2.56. The van der Waals surface area contributed by atoms with Gasteiger partial charge in [0.1, 0.15) is 0 Å². The smallest absolute Gasteiger partial charge is 0.220 e. The van der Waals surface area contributed by atoms with E-state index in [1.54, 1.807) is 0 Å². The summed E-state index contributed by atoms with van der Waals surface area (Å²) in [4.78, 5) is 7.51. The molecule has 0 amide bonds. The Morgan fingerprint density at radius 2 is 2.04 bits per heavy atom. The molecule has 9 heteroatoms. The minimum absolute atomic E-state index is 0.0206. The summed E-state index contributed by atoms with van der Waals surface area (Å²) in [6.45, 7) is 1.37. The molecule has 5 N–H and O–H groups in total. The largest absolute Gasteiger partial charge is 0.396 e. The van der Waals surface area contributed by atoms with Crippen LogP contribution >= 0.6 is 11.6 Å². The van der Waals surface area contributed by atoms with E-state index in [0.717, 1.165) is 25.5 Å². The maximum atomic E-state index is 13.2. The Morgan fingerprint density at radius 1 is 1.29 bits per heavy atom. The van der Waals surface area contributed by atoms with Gasteiger partial charge in [-0.15, -0.1) is 0 Å². The van der Waals surface area contributed by atoms with Crippen molar-refractivity contribution >= 4 is 23.2 Å². The van der Waals surface area contributed by atoms with Crippen LogP contribution in [0.2, 0.25) is 5.02 Å². The topological polar surface area (TPSA) is 107 Å². The Hall–Kier alpha value is -2.03. The van der Waals surface area contributed by atoms with Crippen LogP contribution in [0.25, 0.3) is 11.3 Å². The standard InChI is InChI=1S/C10H7ClF2N4.C5H10O2/c11-5-3-16-10(15)17-9(5)4-1-6(12)8(13)7(14)2-4;6-5-2-1-3-7-4-5/h1-3H,14H2,(H2,15,16,17);5-6H,1-4H2. The lowest BCUT2D eigenvalue weighted by Crippen LogP contribution is -2.21. The highest BCUT2D eigenvalue weighted by molar-refractivity contribution is 6.32. The predicted molar refractivity (Wildman–Crippen MR) is 87.3 cm³/mol. The van der Waals surface area contributed by atoms with Crippen molar-refractivity contribution in [1.82, 2.24) is 9.97 Å². The van der Waals surface area contributed by atoms with Crippen LogP contribution in [0.1, 0.15) is 12.8 Å². The Balaban J connectivity index is 0.000000249. The van der Waals surface area contributed by atoms with Crippen LogP contribution in [-0.2, 0) is 4.74 Å². The number of rotatable bonds is 1. The second kappa shape index (κ2) is 8.18. The molecule has 0 spiro atoms.